The first-order chi connectivity index (χ1) is 3.93. The zero-order chi connectivity index (χ0) is 5.82. The summed E-state index contributed by atoms with van der Waals surface area (Å²) < 4.78 is 0. The number of rotatable bonds is 1. The Balaban J connectivity index is 2.13. The van der Waals surface area contributed by atoms with Gasteiger partial charge in [-0.05, 0) is 18.6 Å². The summed E-state index contributed by atoms with van der Waals surface area (Å²) in [7, 11) is 0. The molecule has 0 amide bonds. The summed E-state index contributed by atoms with van der Waals surface area (Å²) in [6.07, 6.45) is 4.15. The number of nitrogens with two attached hydrogens (primary N) is 1. The van der Waals surface area contributed by atoms with Crippen LogP contribution in [0.5, 0.6) is 0 Å². The minimum Gasteiger partial charge on any atom is -0.329 e. The molecule has 1 atom stereocenters. The fraction of sp³-hybridized carbons (Fsp3) is 1.00. The van der Waals surface area contributed by atoms with Crippen molar-refractivity contribution in [3.8, 4) is 0 Å². The highest BCUT2D eigenvalue weighted by atomic mass is 32.2. The van der Waals surface area contributed by atoms with E-state index in [1.165, 1.54) is 25.0 Å². The van der Waals surface area contributed by atoms with Crippen LogP contribution >= 0.6 is 11.8 Å². The molecular weight excluding hydrogens is 118 g/mol. The van der Waals surface area contributed by atoms with Gasteiger partial charge in [-0.25, -0.2) is 0 Å². The molecule has 1 rings (SSSR count). The molecule has 1 fully saturated rings. The van der Waals surface area contributed by atoms with E-state index in [1.54, 1.807) is 0 Å². The molecule has 2 heteroatoms. The lowest BCUT2D eigenvalue weighted by Crippen LogP contribution is -2.19. The molecule has 48 valence electrons. The predicted molar refractivity (Wildman–Crippen MR) is 39.2 cm³/mol. The molecule has 0 aromatic rings. The topological polar surface area (TPSA) is 26.0 Å². The molecule has 0 aliphatic carbocycles. The van der Waals surface area contributed by atoms with Crippen LogP contribution in [0.25, 0.3) is 0 Å². The van der Waals surface area contributed by atoms with E-state index in [1.807, 2.05) is 11.8 Å². The second-order valence-corrected chi connectivity index (χ2v) is 3.63. The van der Waals surface area contributed by atoms with E-state index in [-0.39, 0.29) is 0 Å². The monoisotopic (exact) mass is 131 g/mol. The zero-order valence-electron chi connectivity index (χ0n) is 5.10. The van der Waals surface area contributed by atoms with Crippen LogP contribution in [0.1, 0.15) is 19.3 Å². The van der Waals surface area contributed by atoms with Crippen molar-refractivity contribution in [2.24, 2.45) is 5.73 Å². The quantitative estimate of drug-likeness (QED) is 0.579. The summed E-state index contributed by atoms with van der Waals surface area (Å²) in [5.41, 5.74) is 5.48. The number of hydrogen-bond donors (Lipinski definition) is 1. The summed E-state index contributed by atoms with van der Waals surface area (Å²) in [6.45, 7) is 0.880. The lowest BCUT2D eigenvalue weighted by Gasteiger charge is -2.18. The molecule has 0 bridgehead atoms. The van der Waals surface area contributed by atoms with Crippen molar-refractivity contribution in [1.29, 1.82) is 0 Å². The highest BCUT2D eigenvalue weighted by molar-refractivity contribution is 7.99. The molecular formula is C6H13NS. The lowest BCUT2D eigenvalue weighted by atomic mass is 10.2. The molecule has 0 unspecified atom stereocenters. The first-order valence-corrected chi connectivity index (χ1v) is 4.30. The van der Waals surface area contributed by atoms with Gasteiger partial charge in [-0.2, -0.15) is 11.8 Å². The molecule has 1 heterocycles. The van der Waals surface area contributed by atoms with E-state index < -0.39 is 0 Å². The van der Waals surface area contributed by atoms with E-state index >= 15 is 0 Å². The Kier molecular flexibility index (Phi) is 2.70. The first kappa shape index (κ1) is 6.43. The van der Waals surface area contributed by atoms with Crippen molar-refractivity contribution in [1.82, 2.24) is 0 Å². The van der Waals surface area contributed by atoms with Gasteiger partial charge in [-0.1, -0.05) is 6.42 Å². The summed E-state index contributed by atoms with van der Waals surface area (Å²) >= 11 is 2.04. The molecule has 0 radical (unpaired) electrons. The molecule has 1 aliphatic rings. The zero-order valence-corrected chi connectivity index (χ0v) is 5.91. The normalized spacial score (nSPS) is 30.4. The number of hydrogen-bond acceptors (Lipinski definition) is 2. The lowest BCUT2D eigenvalue weighted by molar-refractivity contribution is 0.668. The van der Waals surface area contributed by atoms with Crippen molar-refractivity contribution in [3.05, 3.63) is 0 Å². The molecule has 1 nitrogen and oxygen atoms in total. The highest BCUT2D eigenvalue weighted by Crippen LogP contribution is 2.23. The second-order valence-electron chi connectivity index (χ2n) is 2.22. The van der Waals surface area contributed by atoms with Crippen LogP contribution in [-0.4, -0.2) is 17.5 Å². The van der Waals surface area contributed by atoms with Crippen LogP contribution in [0.3, 0.4) is 0 Å². The maximum absolute atomic E-state index is 5.48. The van der Waals surface area contributed by atoms with E-state index in [0.717, 1.165) is 11.8 Å². The minimum absolute atomic E-state index is 0.781. The Bertz CT molecular complexity index is 59.5. The summed E-state index contributed by atoms with van der Waals surface area (Å²) in [5.74, 6) is 1.34. The van der Waals surface area contributed by atoms with Gasteiger partial charge in [0.1, 0.15) is 0 Å². The van der Waals surface area contributed by atoms with Crippen LogP contribution < -0.4 is 5.73 Å². The molecule has 2 N–H and O–H groups in total. The van der Waals surface area contributed by atoms with Crippen molar-refractivity contribution in [2.45, 2.75) is 24.5 Å². The van der Waals surface area contributed by atoms with Crippen LogP contribution in [-0.2, 0) is 0 Å². The Morgan fingerprint density at radius 3 is 2.75 bits per heavy atom. The third kappa shape index (κ3) is 1.67. The first-order valence-electron chi connectivity index (χ1n) is 3.25. The Morgan fingerprint density at radius 1 is 1.50 bits per heavy atom. The Hall–Kier alpha value is 0.310. The fourth-order valence-electron chi connectivity index (χ4n) is 0.993. The van der Waals surface area contributed by atoms with Crippen molar-refractivity contribution < 1.29 is 0 Å². The van der Waals surface area contributed by atoms with Crippen LogP contribution in [0.15, 0.2) is 0 Å². The van der Waals surface area contributed by atoms with Gasteiger partial charge in [-0.3, -0.25) is 0 Å². The van der Waals surface area contributed by atoms with Crippen molar-refractivity contribution >= 4 is 11.8 Å². The van der Waals surface area contributed by atoms with Gasteiger partial charge >= 0.3 is 0 Å². The van der Waals surface area contributed by atoms with Gasteiger partial charge in [0.15, 0.2) is 0 Å². The SMILES string of the molecule is NC[C@H]1CCCCS1. The van der Waals surface area contributed by atoms with Crippen molar-refractivity contribution in [3.63, 3.8) is 0 Å². The molecule has 0 aromatic carbocycles. The second kappa shape index (κ2) is 3.36. The standard InChI is InChI=1S/C6H13NS/c7-5-6-3-1-2-4-8-6/h6H,1-5,7H2/t6-/m1/s1. The molecule has 0 aromatic heterocycles. The molecule has 0 saturated carbocycles. The average Bonchev–Trinajstić information content (AvgIpc) is 1.90. The van der Waals surface area contributed by atoms with E-state index in [9.17, 15) is 0 Å². The maximum atomic E-state index is 5.48. The highest BCUT2D eigenvalue weighted by Gasteiger charge is 2.10. The van der Waals surface area contributed by atoms with E-state index in [4.69, 9.17) is 5.73 Å². The van der Waals surface area contributed by atoms with Crippen LogP contribution in [0, 0.1) is 0 Å². The van der Waals surface area contributed by atoms with Crippen molar-refractivity contribution in [2.75, 3.05) is 12.3 Å². The van der Waals surface area contributed by atoms with Crippen LogP contribution in [0.4, 0.5) is 0 Å². The fourth-order valence-corrected chi connectivity index (χ4v) is 2.17. The smallest absolute Gasteiger partial charge is 0.0170 e. The molecule has 0 spiro atoms. The molecule has 8 heavy (non-hydrogen) atoms. The number of thioether (sulfide) groups is 1. The third-order valence-electron chi connectivity index (χ3n) is 1.54. The van der Waals surface area contributed by atoms with Gasteiger partial charge < -0.3 is 5.73 Å². The Morgan fingerprint density at radius 2 is 2.38 bits per heavy atom. The Labute approximate surface area is 55.0 Å². The average molecular weight is 131 g/mol. The van der Waals surface area contributed by atoms with Gasteiger partial charge in [0.05, 0.1) is 0 Å². The van der Waals surface area contributed by atoms with Gasteiger partial charge in [0, 0.05) is 11.8 Å². The summed E-state index contributed by atoms with van der Waals surface area (Å²) in [5, 5.41) is 0.781. The summed E-state index contributed by atoms with van der Waals surface area (Å²) in [4.78, 5) is 0. The largest absolute Gasteiger partial charge is 0.329 e. The maximum Gasteiger partial charge on any atom is 0.0170 e. The van der Waals surface area contributed by atoms with E-state index in [0.29, 0.717) is 0 Å². The minimum atomic E-state index is 0.781. The van der Waals surface area contributed by atoms with Gasteiger partial charge in [0.25, 0.3) is 0 Å². The molecule has 1 saturated heterocycles. The summed E-state index contributed by atoms with van der Waals surface area (Å²) in [6, 6.07) is 0. The predicted octanol–water partition coefficient (Wildman–Crippen LogP) is 1.23. The van der Waals surface area contributed by atoms with E-state index in [2.05, 4.69) is 0 Å². The van der Waals surface area contributed by atoms with Crippen LogP contribution in [0.2, 0.25) is 0 Å². The van der Waals surface area contributed by atoms with Gasteiger partial charge in [0.2, 0.25) is 0 Å². The molecule has 1 aliphatic heterocycles. The van der Waals surface area contributed by atoms with Gasteiger partial charge in [-0.15, -0.1) is 0 Å². The third-order valence-corrected chi connectivity index (χ3v) is 2.96.